The van der Waals surface area contributed by atoms with Crippen molar-refractivity contribution in [2.24, 2.45) is 5.92 Å². The normalized spacial score (nSPS) is 16.3. The SMILES string of the molecule is Cc1cc(C)n(CCc2nnc(NC(=O)[C@H]3CC(=O)N(c4ccccc4C)C3)s2)n1. The van der Waals surface area contributed by atoms with E-state index >= 15 is 0 Å². The van der Waals surface area contributed by atoms with Gasteiger partial charge >= 0.3 is 0 Å². The average Bonchev–Trinajstić information content (AvgIpc) is 3.39. The lowest BCUT2D eigenvalue weighted by molar-refractivity contribution is -0.122. The Bertz CT molecular complexity index is 1090. The van der Waals surface area contributed by atoms with Crippen molar-refractivity contribution >= 4 is 34.0 Å². The molecule has 8 nitrogen and oxygen atoms in total. The summed E-state index contributed by atoms with van der Waals surface area (Å²) in [5, 5.41) is 16.8. The molecule has 1 saturated heterocycles. The van der Waals surface area contributed by atoms with E-state index in [4.69, 9.17) is 0 Å². The maximum absolute atomic E-state index is 12.7. The fourth-order valence-electron chi connectivity index (χ4n) is 3.70. The maximum Gasteiger partial charge on any atom is 0.231 e. The summed E-state index contributed by atoms with van der Waals surface area (Å²) in [4.78, 5) is 26.8. The molecule has 30 heavy (non-hydrogen) atoms. The van der Waals surface area contributed by atoms with Gasteiger partial charge in [-0.15, -0.1) is 10.2 Å². The summed E-state index contributed by atoms with van der Waals surface area (Å²) >= 11 is 1.36. The molecule has 1 fully saturated rings. The number of aryl methyl sites for hydroxylation is 5. The van der Waals surface area contributed by atoms with Gasteiger partial charge in [0.15, 0.2) is 0 Å². The summed E-state index contributed by atoms with van der Waals surface area (Å²) in [6, 6.07) is 9.75. The minimum atomic E-state index is -0.404. The number of benzene rings is 1. The highest BCUT2D eigenvalue weighted by Gasteiger charge is 2.36. The van der Waals surface area contributed by atoms with Crippen molar-refractivity contribution in [1.82, 2.24) is 20.0 Å². The van der Waals surface area contributed by atoms with Crippen LogP contribution in [0, 0.1) is 26.7 Å². The van der Waals surface area contributed by atoms with Gasteiger partial charge in [0, 0.05) is 37.3 Å². The highest BCUT2D eigenvalue weighted by molar-refractivity contribution is 7.15. The number of amides is 2. The molecule has 3 aromatic rings. The summed E-state index contributed by atoms with van der Waals surface area (Å²) in [6.45, 7) is 7.04. The molecule has 0 radical (unpaired) electrons. The van der Waals surface area contributed by atoms with Crippen LogP contribution in [0.1, 0.15) is 28.4 Å². The number of carbonyl (C=O) groups is 2. The highest BCUT2D eigenvalue weighted by atomic mass is 32.1. The van der Waals surface area contributed by atoms with Crippen molar-refractivity contribution in [1.29, 1.82) is 0 Å². The second-order valence-corrected chi connectivity index (χ2v) is 8.64. The van der Waals surface area contributed by atoms with Crippen LogP contribution in [0.4, 0.5) is 10.8 Å². The number of anilines is 2. The van der Waals surface area contributed by atoms with Crippen molar-refractivity contribution in [2.45, 2.75) is 40.2 Å². The van der Waals surface area contributed by atoms with Crippen LogP contribution in [-0.4, -0.2) is 38.3 Å². The zero-order valence-corrected chi connectivity index (χ0v) is 18.1. The van der Waals surface area contributed by atoms with E-state index in [1.54, 1.807) is 4.90 Å². The highest BCUT2D eigenvalue weighted by Crippen LogP contribution is 2.28. The standard InChI is InChI=1S/C21H24N6O2S/c1-13-6-4-5-7-17(13)26-12-16(11-19(26)28)20(29)22-21-24-23-18(30-21)8-9-27-15(3)10-14(2)25-27/h4-7,10,16H,8-9,11-12H2,1-3H3,(H,22,24,29)/t16-/m0/s1. The van der Waals surface area contributed by atoms with Crippen molar-refractivity contribution in [3.8, 4) is 0 Å². The number of aromatic nitrogens is 4. The molecule has 1 aromatic carbocycles. The molecule has 2 amide bonds. The molecule has 1 N–H and O–H groups in total. The predicted molar refractivity (Wildman–Crippen MR) is 116 cm³/mol. The molecule has 1 aliphatic rings. The van der Waals surface area contributed by atoms with Gasteiger partial charge in [-0.25, -0.2) is 0 Å². The third-order valence-corrected chi connectivity index (χ3v) is 6.14. The number of rotatable bonds is 6. The lowest BCUT2D eigenvalue weighted by Crippen LogP contribution is -2.28. The number of para-hydroxylation sites is 1. The third-order valence-electron chi connectivity index (χ3n) is 5.24. The zero-order valence-electron chi connectivity index (χ0n) is 17.3. The molecule has 0 unspecified atom stereocenters. The summed E-state index contributed by atoms with van der Waals surface area (Å²) in [6.07, 6.45) is 0.891. The van der Waals surface area contributed by atoms with E-state index in [9.17, 15) is 9.59 Å². The topological polar surface area (TPSA) is 93.0 Å². The smallest absolute Gasteiger partial charge is 0.231 e. The molecule has 3 heterocycles. The third kappa shape index (κ3) is 4.25. The molecular formula is C21H24N6O2S. The first kappa shape index (κ1) is 20.2. The van der Waals surface area contributed by atoms with Crippen LogP contribution in [0.15, 0.2) is 30.3 Å². The van der Waals surface area contributed by atoms with Gasteiger partial charge in [-0.3, -0.25) is 14.3 Å². The molecule has 0 spiro atoms. The molecule has 1 aliphatic heterocycles. The monoisotopic (exact) mass is 424 g/mol. The van der Waals surface area contributed by atoms with Gasteiger partial charge in [-0.2, -0.15) is 5.10 Å². The molecule has 156 valence electrons. The Hall–Kier alpha value is -3.07. The van der Waals surface area contributed by atoms with E-state index in [-0.39, 0.29) is 18.2 Å². The van der Waals surface area contributed by atoms with E-state index in [1.807, 2.05) is 55.8 Å². The molecule has 0 aliphatic carbocycles. The molecule has 0 bridgehead atoms. The molecule has 2 aromatic heterocycles. The Balaban J connectivity index is 1.35. The van der Waals surface area contributed by atoms with Crippen LogP contribution in [-0.2, 0) is 22.6 Å². The van der Waals surface area contributed by atoms with Gasteiger partial charge < -0.3 is 10.2 Å². The Labute approximate surface area is 178 Å². The maximum atomic E-state index is 12.7. The summed E-state index contributed by atoms with van der Waals surface area (Å²) in [5.41, 5.74) is 3.97. The number of nitrogens with one attached hydrogen (secondary N) is 1. The van der Waals surface area contributed by atoms with Crippen molar-refractivity contribution < 1.29 is 9.59 Å². The van der Waals surface area contributed by atoms with Gasteiger partial charge in [0.25, 0.3) is 0 Å². The predicted octanol–water partition coefficient (Wildman–Crippen LogP) is 2.89. The largest absolute Gasteiger partial charge is 0.311 e. The van der Waals surface area contributed by atoms with E-state index in [0.29, 0.717) is 24.6 Å². The Morgan fingerprint density at radius 1 is 1.23 bits per heavy atom. The summed E-state index contributed by atoms with van der Waals surface area (Å²) < 4.78 is 1.94. The van der Waals surface area contributed by atoms with Gasteiger partial charge in [-0.1, -0.05) is 29.5 Å². The van der Waals surface area contributed by atoms with Crippen molar-refractivity contribution in [3.63, 3.8) is 0 Å². The first-order valence-electron chi connectivity index (χ1n) is 9.91. The lowest BCUT2D eigenvalue weighted by atomic mass is 10.1. The Morgan fingerprint density at radius 3 is 2.77 bits per heavy atom. The second-order valence-electron chi connectivity index (χ2n) is 7.58. The van der Waals surface area contributed by atoms with E-state index < -0.39 is 5.92 Å². The van der Waals surface area contributed by atoms with Gasteiger partial charge in [0.2, 0.25) is 16.9 Å². The van der Waals surface area contributed by atoms with E-state index in [2.05, 4.69) is 20.6 Å². The van der Waals surface area contributed by atoms with Crippen LogP contribution in [0.2, 0.25) is 0 Å². The molecule has 9 heteroatoms. The fraction of sp³-hybridized carbons (Fsp3) is 0.381. The van der Waals surface area contributed by atoms with Crippen LogP contribution < -0.4 is 10.2 Å². The average molecular weight is 425 g/mol. The molecule has 4 rings (SSSR count). The Morgan fingerprint density at radius 2 is 2.03 bits per heavy atom. The number of hydrogen-bond donors (Lipinski definition) is 1. The first-order valence-corrected chi connectivity index (χ1v) is 10.7. The number of carbonyl (C=O) groups excluding carboxylic acids is 2. The summed E-state index contributed by atoms with van der Waals surface area (Å²) in [5.74, 6) is -0.632. The lowest BCUT2D eigenvalue weighted by Gasteiger charge is -2.18. The number of hydrogen-bond acceptors (Lipinski definition) is 6. The van der Waals surface area contributed by atoms with Crippen LogP contribution in [0.25, 0.3) is 0 Å². The minimum Gasteiger partial charge on any atom is -0.311 e. The second kappa shape index (κ2) is 8.35. The first-order chi connectivity index (χ1) is 14.4. The van der Waals surface area contributed by atoms with Crippen LogP contribution in [0.3, 0.4) is 0 Å². The van der Waals surface area contributed by atoms with Gasteiger partial charge in [-0.05, 0) is 38.5 Å². The minimum absolute atomic E-state index is 0.0349. The van der Waals surface area contributed by atoms with Crippen LogP contribution in [0.5, 0.6) is 0 Å². The fourth-order valence-corrected chi connectivity index (χ4v) is 4.43. The molecular weight excluding hydrogens is 400 g/mol. The van der Waals surface area contributed by atoms with Gasteiger partial charge in [0.05, 0.1) is 11.6 Å². The van der Waals surface area contributed by atoms with Crippen molar-refractivity contribution in [2.75, 3.05) is 16.8 Å². The van der Waals surface area contributed by atoms with E-state index in [1.165, 1.54) is 11.3 Å². The molecule has 1 atom stereocenters. The van der Waals surface area contributed by atoms with Gasteiger partial charge in [0.1, 0.15) is 5.01 Å². The van der Waals surface area contributed by atoms with E-state index in [0.717, 1.165) is 27.6 Å². The Kier molecular flexibility index (Phi) is 5.63. The zero-order chi connectivity index (χ0) is 21.3. The van der Waals surface area contributed by atoms with Crippen molar-refractivity contribution in [3.05, 3.63) is 52.3 Å². The van der Waals surface area contributed by atoms with Crippen LogP contribution >= 0.6 is 11.3 Å². The summed E-state index contributed by atoms with van der Waals surface area (Å²) in [7, 11) is 0. The quantitative estimate of drug-likeness (QED) is 0.657. The number of nitrogens with zero attached hydrogens (tertiary/aromatic N) is 5. The molecule has 0 saturated carbocycles.